The molecule has 0 fully saturated rings. The fraction of sp³-hybridized carbons (Fsp3) is 0.111. The first-order chi connectivity index (χ1) is 16.3. The number of hydrogen-bond donors (Lipinski definition) is 1. The van der Waals surface area contributed by atoms with E-state index in [1.165, 1.54) is 18.2 Å². The topological polar surface area (TPSA) is 57.8 Å². The quantitative estimate of drug-likeness (QED) is 0.271. The molecule has 34 heavy (non-hydrogen) atoms. The fourth-order valence-corrected chi connectivity index (χ4v) is 3.87. The van der Waals surface area contributed by atoms with Crippen LogP contribution in [-0.4, -0.2) is 10.5 Å². The number of rotatable bonds is 5. The third-order valence-electron chi connectivity index (χ3n) is 5.56. The lowest BCUT2D eigenvalue weighted by Crippen LogP contribution is -2.14. The van der Waals surface area contributed by atoms with E-state index in [0.717, 1.165) is 34.3 Å². The van der Waals surface area contributed by atoms with E-state index >= 15 is 0 Å². The SMILES string of the molecule is Cc1c(/C=C(/C#N)C(=O)Nc2cccc(C(F)(F)F)c2)c2ccccc2n1Cc1ccccc1. The summed E-state index contributed by atoms with van der Waals surface area (Å²) in [6.45, 7) is 2.52. The van der Waals surface area contributed by atoms with Crippen LogP contribution in [0.3, 0.4) is 0 Å². The molecule has 0 atom stereocenters. The zero-order valence-corrected chi connectivity index (χ0v) is 18.2. The van der Waals surface area contributed by atoms with Gasteiger partial charge in [0.25, 0.3) is 5.91 Å². The number of hydrogen-bond acceptors (Lipinski definition) is 2. The average Bonchev–Trinajstić information content (AvgIpc) is 3.08. The molecule has 7 heteroatoms. The van der Waals surface area contributed by atoms with Gasteiger partial charge in [-0.25, -0.2) is 0 Å². The van der Waals surface area contributed by atoms with Gasteiger partial charge in [0, 0.05) is 34.4 Å². The molecule has 4 nitrogen and oxygen atoms in total. The van der Waals surface area contributed by atoms with Crippen molar-refractivity contribution in [3.63, 3.8) is 0 Å². The van der Waals surface area contributed by atoms with Crippen LogP contribution in [0.15, 0.2) is 84.4 Å². The number of fused-ring (bicyclic) bond motifs is 1. The number of para-hydroxylation sites is 1. The van der Waals surface area contributed by atoms with Crippen molar-refractivity contribution >= 4 is 28.6 Å². The number of alkyl halides is 3. The highest BCUT2D eigenvalue weighted by atomic mass is 19.4. The van der Waals surface area contributed by atoms with E-state index in [2.05, 4.69) is 9.88 Å². The second-order valence-corrected chi connectivity index (χ2v) is 7.79. The van der Waals surface area contributed by atoms with Crippen molar-refractivity contribution in [1.29, 1.82) is 5.26 Å². The molecule has 4 aromatic rings. The molecule has 0 aliphatic carbocycles. The van der Waals surface area contributed by atoms with Crippen molar-refractivity contribution < 1.29 is 18.0 Å². The van der Waals surface area contributed by atoms with Crippen molar-refractivity contribution in [1.82, 2.24) is 4.57 Å². The molecule has 0 aliphatic rings. The van der Waals surface area contributed by atoms with E-state index in [1.807, 2.05) is 67.6 Å². The van der Waals surface area contributed by atoms with Gasteiger partial charge in [-0.1, -0.05) is 54.6 Å². The summed E-state index contributed by atoms with van der Waals surface area (Å²) in [5.41, 5.74) is 2.50. The molecule has 0 aliphatic heterocycles. The number of aromatic nitrogens is 1. The van der Waals surface area contributed by atoms with Gasteiger partial charge in [-0.3, -0.25) is 4.79 Å². The van der Waals surface area contributed by atoms with Crippen LogP contribution in [0.1, 0.15) is 22.4 Å². The van der Waals surface area contributed by atoms with Crippen molar-refractivity contribution in [2.45, 2.75) is 19.6 Å². The van der Waals surface area contributed by atoms with Crippen LogP contribution in [-0.2, 0) is 17.5 Å². The summed E-state index contributed by atoms with van der Waals surface area (Å²) < 4.78 is 41.1. The molecule has 0 saturated heterocycles. The number of halogens is 3. The number of nitriles is 1. The number of carbonyl (C=O) groups is 1. The third kappa shape index (κ3) is 4.71. The van der Waals surface area contributed by atoms with Crippen LogP contribution in [0.5, 0.6) is 0 Å². The van der Waals surface area contributed by atoms with Crippen molar-refractivity contribution in [3.8, 4) is 6.07 Å². The summed E-state index contributed by atoms with van der Waals surface area (Å²) >= 11 is 0. The van der Waals surface area contributed by atoms with E-state index in [0.29, 0.717) is 12.1 Å². The Kier molecular flexibility index (Phi) is 6.24. The van der Waals surface area contributed by atoms with E-state index < -0.39 is 17.6 Å². The fourth-order valence-electron chi connectivity index (χ4n) is 3.87. The zero-order chi connectivity index (χ0) is 24.3. The van der Waals surface area contributed by atoms with Gasteiger partial charge in [-0.2, -0.15) is 18.4 Å². The van der Waals surface area contributed by atoms with Gasteiger partial charge in [0.1, 0.15) is 11.6 Å². The van der Waals surface area contributed by atoms with Crippen molar-refractivity contribution in [2.75, 3.05) is 5.32 Å². The Balaban J connectivity index is 1.70. The molecule has 1 amide bonds. The summed E-state index contributed by atoms with van der Waals surface area (Å²) in [7, 11) is 0. The van der Waals surface area contributed by atoms with E-state index in [-0.39, 0.29) is 11.3 Å². The third-order valence-corrected chi connectivity index (χ3v) is 5.56. The van der Waals surface area contributed by atoms with E-state index in [9.17, 15) is 23.2 Å². The van der Waals surface area contributed by atoms with Crippen LogP contribution in [0.4, 0.5) is 18.9 Å². The van der Waals surface area contributed by atoms with Crippen LogP contribution in [0, 0.1) is 18.3 Å². The summed E-state index contributed by atoms with van der Waals surface area (Å²) in [4.78, 5) is 12.8. The minimum Gasteiger partial charge on any atom is -0.340 e. The Morgan fingerprint density at radius 3 is 2.44 bits per heavy atom. The predicted octanol–water partition coefficient (Wildman–Crippen LogP) is 6.56. The summed E-state index contributed by atoms with van der Waals surface area (Å²) in [6, 6.07) is 23.8. The molecule has 170 valence electrons. The molecular formula is C27H20F3N3O. The number of carbonyl (C=O) groups excluding carboxylic acids is 1. The average molecular weight is 459 g/mol. The van der Waals surface area contributed by atoms with Gasteiger partial charge >= 0.3 is 6.18 Å². The van der Waals surface area contributed by atoms with Gasteiger partial charge in [0.2, 0.25) is 0 Å². The molecule has 3 aromatic carbocycles. The zero-order valence-electron chi connectivity index (χ0n) is 18.2. The first-order valence-electron chi connectivity index (χ1n) is 10.5. The van der Waals surface area contributed by atoms with E-state index in [4.69, 9.17) is 0 Å². The monoisotopic (exact) mass is 459 g/mol. The van der Waals surface area contributed by atoms with Gasteiger partial charge in [0.05, 0.1) is 5.56 Å². The minimum absolute atomic E-state index is 0.0378. The standard InChI is InChI=1S/C27H20F3N3O/c1-18-24(23-12-5-6-13-25(23)33(18)17-19-8-3-2-4-9-19)14-20(16-31)26(34)32-22-11-7-10-21(15-22)27(28,29)30/h2-15H,17H2,1H3,(H,32,34)/b20-14-. The highest BCUT2D eigenvalue weighted by molar-refractivity contribution is 6.11. The molecular weight excluding hydrogens is 439 g/mol. The molecule has 4 rings (SSSR count). The number of benzene rings is 3. The molecule has 0 unspecified atom stereocenters. The van der Waals surface area contributed by atoms with Crippen LogP contribution < -0.4 is 5.32 Å². The lowest BCUT2D eigenvalue weighted by Gasteiger charge is -2.10. The van der Waals surface area contributed by atoms with Crippen LogP contribution in [0.2, 0.25) is 0 Å². The van der Waals surface area contributed by atoms with Crippen LogP contribution in [0.25, 0.3) is 17.0 Å². The summed E-state index contributed by atoms with van der Waals surface area (Å²) in [5.74, 6) is -0.777. The van der Waals surface area contributed by atoms with Gasteiger partial charge < -0.3 is 9.88 Å². The van der Waals surface area contributed by atoms with Gasteiger partial charge in [-0.05, 0) is 42.8 Å². The highest BCUT2D eigenvalue weighted by Crippen LogP contribution is 2.31. The Morgan fingerprint density at radius 2 is 1.74 bits per heavy atom. The maximum atomic E-state index is 13.0. The highest BCUT2D eigenvalue weighted by Gasteiger charge is 2.30. The second kappa shape index (κ2) is 9.28. The molecule has 0 radical (unpaired) electrons. The summed E-state index contributed by atoms with van der Waals surface area (Å²) in [5, 5.41) is 12.9. The van der Waals surface area contributed by atoms with Gasteiger partial charge in [-0.15, -0.1) is 0 Å². The Morgan fingerprint density at radius 1 is 1.03 bits per heavy atom. The largest absolute Gasteiger partial charge is 0.416 e. The Labute approximate surface area is 194 Å². The molecule has 0 saturated carbocycles. The number of nitrogens with zero attached hydrogens (tertiary/aromatic N) is 2. The first-order valence-corrected chi connectivity index (χ1v) is 10.5. The number of nitrogens with one attached hydrogen (secondary N) is 1. The normalized spacial score (nSPS) is 11.9. The Bertz CT molecular complexity index is 1430. The smallest absolute Gasteiger partial charge is 0.340 e. The maximum absolute atomic E-state index is 13.0. The predicted molar refractivity (Wildman–Crippen MR) is 126 cm³/mol. The van der Waals surface area contributed by atoms with Crippen molar-refractivity contribution in [2.24, 2.45) is 0 Å². The van der Waals surface area contributed by atoms with Crippen molar-refractivity contribution in [3.05, 3.63) is 107 Å². The molecule has 1 N–H and O–H groups in total. The second-order valence-electron chi connectivity index (χ2n) is 7.79. The minimum atomic E-state index is -4.54. The maximum Gasteiger partial charge on any atom is 0.416 e. The lowest BCUT2D eigenvalue weighted by molar-refractivity contribution is -0.137. The van der Waals surface area contributed by atoms with Gasteiger partial charge in [0.15, 0.2) is 0 Å². The Hall–Kier alpha value is -4.31. The molecule has 0 bridgehead atoms. The molecule has 1 heterocycles. The molecule has 1 aromatic heterocycles. The molecule has 0 spiro atoms. The van der Waals surface area contributed by atoms with E-state index in [1.54, 1.807) is 0 Å². The summed E-state index contributed by atoms with van der Waals surface area (Å²) in [6.07, 6.45) is -3.05. The number of amides is 1. The lowest BCUT2D eigenvalue weighted by atomic mass is 10.1. The van der Waals surface area contributed by atoms with Crippen LogP contribution >= 0.6 is 0 Å². The number of anilines is 1. The first kappa shape index (κ1) is 22.9.